The van der Waals surface area contributed by atoms with E-state index in [4.69, 9.17) is 9.47 Å². The summed E-state index contributed by atoms with van der Waals surface area (Å²) in [6.07, 6.45) is 3.70. The van der Waals surface area contributed by atoms with E-state index < -0.39 is 0 Å². The average Bonchev–Trinajstić information content (AvgIpc) is 2.23. The predicted molar refractivity (Wildman–Crippen MR) is 85.6 cm³/mol. The summed E-state index contributed by atoms with van der Waals surface area (Å²) in [6.45, 7) is 17.8. The number of hydrogen-bond acceptors (Lipinski definition) is 2. The van der Waals surface area contributed by atoms with Crippen LogP contribution < -0.4 is 5.73 Å². The minimum atomic E-state index is 0.396. The van der Waals surface area contributed by atoms with Crippen LogP contribution in [0.4, 0.5) is 0 Å². The predicted octanol–water partition coefficient (Wildman–Crippen LogP) is 3.14. The van der Waals surface area contributed by atoms with Gasteiger partial charge in [-0.2, -0.15) is 0 Å². The van der Waals surface area contributed by atoms with Crippen molar-refractivity contribution in [2.75, 3.05) is 33.0 Å². The van der Waals surface area contributed by atoms with Gasteiger partial charge in [0.2, 0.25) is 0 Å². The second-order valence-corrected chi connectivity index (χ2v) is 8.26. The Labute approximate surface area is 126 Å². The molecule has 0 aromatic rings. The van der Waals surface area contributed by atoms with E-state index in [1.165, 1.54) is 12.8 Å². The molecule has 3 N–H and O–H groups in total. The lowest BCUT2D eigenvalue weighted by Crippen LogP contribution is -2.52. The Kier molecular flexibility index (Phi) is 9.69. The van der Waals surface area contributed by atoms with Crippen molar-refractivity contribution in [1.29, 1.82) is 0 Å². The highest BCUT2D eigenvalue weighted by molar-refractivity contribution is 4.74. The van der Waals surface area contributed by atoms with Crippen LogP contribution in [0, 0.1) is 16.7 Å². The fourth-order valence-corrected chi connectivity index (χ4v) is 2.68. The van der Waals surface area contributed by atoms with E-state index in [0.717, 1.165) is 32.1 Å². The lowest BCUT2D eigenvalue weighted by molar-refractivity contribution is -0.374. The summed E-state index contributed by atoms with van der Waals surface area (Å²) < 4.78 is 11.1. The van der Waals surface area contributed by atoms with Crippen molar-refractivity contribution in [1.82, 2.24) is 0 Å². The van der Waals surface area contributed by atoms with Crippen LogP contribution in [0.3, 0.4) is 0 Å². The molecule has 0 fully saturated rings. The summed E-state index contributed by atoms with van der Waals surface area (Å²) in [4.78, 5) is 0. The molecule has 0 heterocycles. The van der Waals surface area contributed by atoms with Crippen molar-refractivity contribution >= 4 is 0 Å². The summed E-state index contributed by atoms with van der Waals surface area (Å²) in [5, 5.41) is 0. The molecule has 0 aliphatic heterocycles. The quantitative estimate of drug-likeness (QED) is 0.628. The molecule has 0 unspecified atom stereocenters. The van der Waals surface area contributed by atoms with Crippen molar-refractivity contribution < 1.29 is 15.2 Å². The van der Waals surface area contributed by atoms with Crippen LogP contribution in [0.2, 0.25) is 0 Å². The molecule has 0 spiro atoms. The lowest BCUT2D eigenvalue weighted by Gasteiger charge is -2.31. The van der Waals surface area contributed by atoms with Crippen molar-refractivity contribution in [2.24, 2.45) is 16.7 Å². The van der Waals surface area contributed by atoms with E-state index >= 15 is 0 Å². The van der Waals surface area contributed by atoms with Crippen LogP contribution in [-0.4, -0.2) is 33.0 Å². The summed E-state index contributed by atoms with van der Waals surface area (Å²) in [7, 11) is 0. The Hall–Kier alpha value is -0.120. The molecule has 0 amide bonds. The molecule has 0 rings (SSSR count). The molecule has 0 aliphatic carbocycles. The number of hydrogen-bond donors (Lipinski definition) is 1. The van der Waals surface area contributed by atoms with Crippen LogP contribution >= 0.6 is 0 Å². The standard InChI is InChI=1S/C17H37NO2/c1-16(2,3)13-15(14-17(4,5)6)7-9-19-11-12-20-10-8-18/h15H,7-14,18H2,1-6H3/p+1. The minimum Gasteiger partial charge on any atom is -0.379 e. The summed E-state index contributed by atoms with van der Waals surface area (Å²) in [6, 6.07) is 0. The Balaban J connectivity index is 3.92. The zero-order valence-electron chi connectivity index (χ0n) is 14.8. The molecular formula is C17H38NO2+. The van der Waals surface area contributed by atoms with E-state index in [9.17, 15) is 0 Å². The second-order valence-electron chi connectivity index (χ2n) is 8.26. The monoisotopic (exact) mass is 288 g/mol. The minimum absolute atomic E-state index is 0.396. The van der Waals surface area contributed by atoms with Gasteiger partial charge in [0.05, 0.1) is 26.4 Å². The van der Waals surface area contributed by atoms with E-state index in [1.807, 2.05) is 0 Å². The Morgan fingerprint density at radius 3 is 1.60 bits per heavy atom. The maximum absolute atomic E-state index is 5.69. The highest BCUT2D eigenvalue weighted by Crippen LogP contribution is 2.34. The zero-order chi connectivity index (χ0) is 15.6. The van der Waals surface area contributed by atoms with Crippen molar-refractivity contribution in [2.45, 2.75) is 60.8 Å². The Bertz CT molecular complexity index is 212. The first kappa shape index (κ1) is 19.9. The van der Waals surface area contributed by atoms with E-state index in [1.54, 1.807) is 0 Å². The van der Waals surface area contributed by atoms with Crippen LogP contribution in [0.5, 0.6) is 0 Å². The molecule has 0 radical (unpaired) electrons. The van der Waals surface area contributed by atoms with Crippen molar-refractivity contribution in [3.8, 4) is 0 Å². The molecule has 0 aromatic heterocycles. The summed E-state index contributed by atoms with van der Waals surface area (Å²) in [5.41, 5.74) is 4.54. The first-order valence-corrected chi connectivity index (χ1v) is 8.09. The fourth-order valence-electron chi connectivity index (χ4n) is 2.68. The molecular weight excluding hydrogens is 250 g/mol. The van der Waals surface area contributed by atoms with Gasteiger partial charge in [-0.15, -0.1) is 0 Å². The normalized spacial score (nSPS) is 13.2. The maximum Gasteiger partial charge on any atom is 0.0977 e. The van der Waals surface area contributed by atoms with Gasteiger partial charge in [0, 0.05) is 6.61 Å². The van der Waals surface area contributed by atoms with Gasteiger partial charge in [-0.25, -0.2) is 0 Å². The second kappa shape index (κ2) is 9.75. The topological polar surface area (TPSA) is 46.1 Å². The third kappa shape index (κ3) is 14.3. The van der Waals surface area contributed by atoms with Crippen molar-refractivity contribution in [3.05, 3.63) is 0 Å². The van der Waals surface area contributed by atoms with Crippen LogP contribution in [0.15, 0.2) is 0 Å². The van der Waals surface area contributed by atoms with Gasteiger partial charge in [-0.05, 0) is 36.0 Å². The first-order chi connectivity index (χ1) is 9.14. The van der Waals surface area contributed by atoms with Gasteiger partial charge in [-0.1, -0.05) is 41.5 Å². The fraction of sp³-hybridized carbons (Fsp3) is 1.00. The van der Waals surface area contributed by atoms with E-state index in [2.05, 4.69) is 47.3 Å². The molecule has 0 saturated carbocycles. The van der Waals surface area contributed by atoms with Crippen LogP contribution in [0.25, 0.3) is 0 Å². The van der Waals surface area contributed by atoms with E-state index in [0.29, 0.717) is 24.0 Å². The van der Waals surface area contributed by atoms with Gasteiger partial charge < -0.3 is 15.2 Å². The first-order valence-electron chi connectivity index (χ1n) is 8.09. The Morgan fingerprint density at radius 2 is 1.20 bits per heavy atom. The third-order valence-corrected chi connectivity index (χ3v) is 3.13. The molecule has 0 aromatic carbocycles. The largest absolute Gasteiger partial charge is 0.379 e. The smallest absolute Gasteiger partial charge is 0.0977 e. The molecule has 3 nitrogen and oxygen atoms in total. The van der Waals surface area contributed by atoms with Crippen LogP contribution in [-0.2, 0) is 9.47 Å². The van der Waals surface area contributed by atoms with Gasteiger partial charge in [0.25, 0.3) is 0 Å². The van der Waals surface area contributed by atoms with E-state index in [-0.39, 0.29) is 0 Å². The van der Waals surface area contributed by atoms with Gasteiger partial charge >= 0.3 is 0 Å². The third-order valence-electron chi connectivity index (χ3n) is 3.13. The average molecular weight is 288 g/mol. The Morgan fingerprint density at radius 1 is 0.750 bits per heavy atom. The van der Waals surface area contributed by atoms with Gasteiger partial charge in [0.15, 0.2) is 0 Å². The molecule has 0 bridgehead atoms. The van der Waals surface area contributed by atoms with Gasteiger partial charge in [0.1, 0.15) is 0 Å². The highest BCUT2D eigenvalue weighted by atomic mass is 16.5. The summed E-state index contributed by atoms with van der Waals surface area (Å²) >= 11 is 0. The molecule has 0 saturated heterocycles. The molecule has 20 heavy (non-hydrogen) atoms. The lowest BCUT2D eigenvalue weighted by atomic mass is 9.76. The molecule has 0 atom stereocenters. The summed E-state index contributed by atoms with van der Waals surface area (Å²) in [5.74, 6) is 0.746. The molecule has 3 heteroatoms. The maximum atomic E-state index is 5.69. The number of quaternary nitrogens is 1. The SMILES string of the molecule is CC(C)(C)CC(CCOCCOCC[NH3+])CC(C)(C)C. The van der Waals surface area contributed by atoms with Crippen LogP contribution in [0.1, 0.15) is 60.8 Å². The van der Waals surface area contributed by atoms with Crippen molar-refractivity contribution in [3.63, 3.8) is 0 Å². The number of rotatable bonds is 10. The number of ether oxygens (including phenoxy) is 2. The molecule has 0 aliphatic rings. The highest BCUT2D eigenvalue weighted by Gasteiger charge is 2.23. The molecule has 122 valence electrons. The zero-order valence-corrected chi connectivity index (χ0v) is 14.8. The van der Waals surface area contributed by atoms with Gasteiger partial charge in [-0.3, -0.25) is 0 Å².